The van der Waals surface area contributed by atoms with E-state index in [4.69, 9.17) is 4.42 Å². The Morgan fingerprint density at radius 3 is 2.73 bits per heavy atom. The summed E-state index contributed by atoms with van der Waals surface area (Å²) in [6, 6.07) is 7.21. The van der Waals surface area contributed by atoms with Crippen molar-refractivity contribution in [3.8, 4) is 11.5 Å². The van der Waals surface area contributed by atoms with Crippen molar-refractivity contribution in [2.45, 2.75) is 37.3 Å². The Hall–Kier alpha value is -2.81. The SMILES string of the molecule is CC(C)NC(=O)NC(=O)[C@@H](C)Sc1nnc(-c2c[nH]c3ccccc23)o1. The molecule has 0 spiro atoms. The summed E-state index contributed by atoms with van der Waals surface area (Å²) in [5, 5.41) is 13.6. The van der Waals surface area contributed by atoms with E-state index in [0.29, 0.717) is 5.89 Å². The number of aromatic nitrogens is 3. The molecule has 1 aromatic carbocycles. The van der Waals surface area contributed by atoms with Crippen LogP contribution >= 0.6 is 11.8 Å². The third-order valence-electron chi connectivity index (χ3n) is 3.53. The zero-order valence-corrected chi connectivity index (χ0v) is 15.4. The molecular formula is C17H19N5O3S. The van der Waals surface area contributed by atoms with Crippen molar-refractivity contribution in [2.75, 3.05) is 0 Å². The Morgan fingerprint density at radius 2 is 1.96 bits per heavy atom. The number of hydrogen-bond acceptors (Lipinski definition) is 6. The van der Waals surface area contributed by atoms with Crippen molar-refractivity contribution in [1.29, 1.82) is 0 Å². The highest BCUT2D eigenvalue weighted by Gasteiger charge is 2.21. The number of imide groups is 1. The number of H-pyrrole nitrogens is 1. The van der Waals surface area contributed by atoms with Gasteiger partial charge in [0.15, 0.2) is 0 Å². The van der Waals surface area contributed by atoms with Gasteiger partial charge in [0.05, 0.1) is 10.8 Å². The number of rotatable bonds is 5. The van der Waals surface area contributed by atoms with E-state index in [1.807, 2.05) is 38.1 Å². The number of nitrogens with zero attached hydrogens (tertiary/aromatic N) is 2. The number of para-hydroxylation sites is 1. The molecule has 8 nitrogen and oxygen atoms in total. The lowest BCUT2D eigenvalue weighted by Gasteiger charge is -2.11. The van der Waals surface area contributed by atoms with E-state index >= 15 is 0 Å². The van der Waals surface area contributed by atoms with Crippen molar-refractivity contribution in [3.05, 3.63) is 30.5 Å². The lowest BCUT2D eigenvalue weighted by molar-refractivity contribution is -0.119. The smallest absolute Gasteiger partial charge is 0.321 e. The molecule has 0 saturated heterocycles. The zero-order valence-electron chi connectivity index (χ0n) is 14.6. The van der Waals surface area contributed by atoms with Gasteiger partial charge in [-0.15, -0.1) is 10.2 Å². The highest BCUT2D eigenvalue weighted by Crippen LogP contribution is 2.30. The number of urea groups is 1. The van der Waals surface area contributed by atoms with Gasteiger partial charge in [-0.25, -0.2) is 4.79 Å². The maximum atomic E-state index is 12.1. The molecule has 3 amide bonds. The molecule has 3 N–H and O–H groups in total. The summed E-state index contributed by atoms with van der Waals surface area (Å²) in [6.45, 7) is 5.29. The molecule has 3 rings (SSSR count). The molecule has 3 aromatic rings. The lowest BCUT2D eigenvalue weighted by Crippen LogP contribution is -2.45. The van der Waals surface area contributed by atoms with Gasteiger partial charge < -0.3 is 14.7 Å². The molecule has 0 bridgehead atoms. The predicted octanol–water partition coefficient (Wildman–Crippen LogP) is 2.93. The van der Waals surface area contributed by atoms with E-state index in [0.717, 1.165) is 28.2 Å². The van der Waals surface area contributed by atoms with Crippen LogP contribution in [0.5, 0.6) is 0 Å². The number of carbonyl (C=O) groups is 2. The average Bonchev–Trinajstić information content (AvgIpc) is 3.20. The number of aromatic amines is 1. The van der Waals surface area contributed by atoms with Crippen LogP contribution in [-0.4, -0.2) is 38.4 Å². The summed E-state index contributed by atoms with van der Waals surface area (Å²) in [5.74, 6) is -0.0601. The summed E-state index contributed by atoms with van der Waals surface area (Å²) in [4.78, 5) is 26.8. The molecule has 0 aliphatic heterocycles. The van der Waals surface area contributed by atoms with Gasteiger partial charge in [0.2, 0.25) is 5.91 Å². The molecule has 0 saturated carbocycles. The van der Waals surface area contributed by atoms with Gasteiger partial charge in [-0.3, -0.25) is 10.1 Å². The fourth-order valence-electron chi connectivity index (χ4n) is 2.33. The molecule has 0 unspecified atom stereocenters. The first-order valence-electron chi connectivity index (χ1n) is 8.12. The third-order valence-corrected chi connectivity index (χ3v) is 4.46. The molecule has 0 aliphatic rings. The van der Waals surface area contributed by atoms with Crippen LogP contribution in [-0.2, 0) is 4.79 Å². The number of hydrogen-bond donors (Lipinski definition) is 3. The van der Waals surface area contributed by atoms with E-state index in [2.05, 4.69) is 25.8 Å². The number of nitrogens with one attached hydrogen (secondary N) is 3. The molecule has 1 atom stereocenters. The highest BCUT2D eigenvalue weighted by molar-refractivity contribution is 8.00. The summed E-state index contributed by atoms with van der Waals surface area (Å²) >= 11 is 1.09. The lowest BCUT2D eigenvalue weighted by atomic mass is 10.2. The van der Waals surface area contributed by atoms with Crippen molar-refractivity contribution >= 4 is 34.6 Å². The molecule has 0 radical (unpaired) electrons. The number of amides is 3. The monoisotopic (exact) mass is 373 g/mol. The van der Waals surface area contributed by atoms with E-state index < -0.39 is 17.2 Å². The summed E-state index contributed by atoms with van der Waals surface area (Å²) in [7, 11) is 0. The van der Waals surface area contributed by atoms with Gasteiger partial charge in [0.1, 0.15) is 0 Å². The molecule has 2 heterocycles. The van der Waals surface area contributed by atoms with Gasteiger partial charge in [0, 0.05) is 23.1 Å². The van der Waals surface area contributed by atoms with Crippen molar-refractivity contribution in [1.82, 2.24) is 25.8 Å². The summed E-state index contributed by atoms with van der Waals surface area (Å²) in [6.07, 6.45) is 1.80. The maximum absolute atomic E-state index is 12.1. The number of fused-ring (bicyclic) bond motifs is 1. The first kappa shape index (κ1) is 18.0. The molecular weight excluding hydrogens is 354 g/mol. The van der Waals surface area contributed by atoms with E-state index in [1.54, 1.807) is 13.1 Å². The van der Waals surface area contributed by atoms with Crippen LogP contribution in [0.1, 0.15) is 20.8 Å². The van der Waals surface area contributed by atoms with Crippen molar-refractivity contribution in [3.63, 3.8) is 0 Å². The second kappa shape index (κ2) is 7.61. The van der Waals surface area contributed by atoms with Gasteiger partial charge >= 0.3 is 6.03 Å². The first-order valence-corrected chi connectivity index (χ1v) is 9.00. The van der Waals surface area contributed by atoms with Crippen molar-refractivity contribution < 1.29 is 14.0 Å². The third kappa shape index (κ3) is 4.05. The molecule has 26 heavy (non-hydrogen) atoms. The van der Waals surface area contributed by atoms with Gasteiger partial charge in [-0.2, -0.15) is 0 Å². The van der Waals surface area contributed by atoms with Crippen LogP contribution in [0.2, 0.25) is 0 Å². The fourth-order valence-corrected chi connectivity index (χ4v) is 3.01. The molecule has 0 aliphatic carbocycles. The average molecular weight is 373 g/mol. The largest absolute Gasteiger partial charge is 0.411 e. The predicted molar refractivity (Wildman–Crippen MR) is 98.7 cm³/mol. The summed E-state index contributed by atoms with van der Waals surface area (Å²) < 4.78 is 5.67. The Morgan fingerprint density at radius 1 is 1.19 bits per heavy atom. The Balaban J connectivity index is 1.66. The van der Waals surface area contributed by atoms with Crippen LogP contribution in [0.3, 0.4) is 0 Å². The van der Waals surface area contributed by atoms with Gasteiger partial charge in [-0.05, 0) is 26.8 Å². The van der Waals surface area contributed by atoms with Crippen LogP contribution < -0.4 is 10.6 Å². The van der Waals surface area contributed by atoms with E-state index in [1.165, 1.54) is 0 Å². The minimum absolute atomic E-state index is 0.0552. The Kier molecular flexibility index (Phi) is 5.27. The Labute approximate surface area is 154 Å². The molecule has 9 heteroatoms. The first-order chi connectivity index (χ1) is 12.4. The van der Waals surface area contributed by atoms with Crippen molar-refractivity contribution in [2.24, 2.45) is 0 Å². The number of thioether (sulfide) groups is 1. The molecule has 0 fully saturated rings. The van der Waals surface area contributed by atoms with Gasteiger partial charge in [0.25, 0.3) is 11.1 Å². The normalized spacial score (nSPS) is 12.3. The van der Waals surface area contributed by atoms with Crippen LogP contribution in [0, 0.1) is 0 Å². The topological polar surface area (TPSA) is 113 Å². The number of benzene rings is 1. The molecule has 2 aromatic heterocycles. The minimum Gasteiger partial charge on any atom is -0.411 e. The Bertz CT molecular complexity index is 933. The fraction of sp³-hybridized carbons (Fsp3) is 0.294. The second-order valence-electron chi connectivity index (χ2n) is 6.00. The quantitative estimate of drug-likeness (QED) is 0.593. The van der Waals surface area contributed by atoms with E-state index in [-0.39, 0.29) is 11.3 Å². The maximum Gasteiger partial charge on any atom is 0.321 e. The van der Waals surface area contributed by atoms with E-state index in [9.17, 15) is 9.59 Å². The van der Waals surface area contributed by atoms with Crippen LogP contribution in [0.25, 0.3) is 22.4 Å². The zero-order chi connectivity index (χ0) is 18.7. The summed E-state index contributed by atoms with van der Waals surface area (Å²) in [5.41, 5.74) is 1.77. The van der Waals surface area contributed by atoms with Gasteiger partial charge in [-0.1, -0.05) is 30.0 Å². The number of carbonyl (C=O) groups excluding carboxylic acids is 2. The standard InChI is InChI=1S/C17H19N5O3S/c1-9(2)19-16(24)20-14(23)10(3)26-17-22-21-15(25-17)12-8-18-13-7-5-4-6-11(12)13/h4-10,18H,1-3H3,(H2,19,20,23,24)/t10-/m1/s1. The minimum atomic E-state index is -0.566. The van der Waals surface area contributed by atoms with Crippen LogP contribution in [0.4, 0.5) is 4.79 Å². The second-order valence-corrected chi connectivity index (χ2v) is 7.29. The van der Waals surface area contributed by atoms with Crippen LogP contribution in [0.15, 0.2) is 40.1 Å². The molecule has 136 valence electrons. The highest BCUT2D eigenvalue weighted by atomic mass is 32.2.